The number of aliphatic imine (C=N–C) groups is 2. The van der Waals surface area contributed by atoms with Gasteiger partial charge in [-0.3, -0.25) is 9.98 Å². The number of para-hydroxylation sites is 2. The quantitative estimate of drug-likeness (QED) is 0.103. The third-order valence-corrected chi connectivity index (χ3v) is 9.25. The number of nitrogens with two attached hydrogens (primary N) is 1. The first-order valence-electron chi connectivity index (χ1n) is 16.8. The number of aromatic hydroxyl groups is 2. The van der Waals surface area contributed by atoms with Crippen molar-refractivity contribution in [3.63, 3.8) is 0 Å². The lowest BCUT2D eigenvalue weighted by Crippen LogP contribution is -1.98. The van der Waals surface area contributed by atoms with Crippen LogP contribution < -0.4 is 5.73 Å². The Labute approximate surface area is 280 Å². The van der Waals surface area contributed by atoms with Gasteiger partial charge in [0.05, 0.1) is 27.9 Å². The fourth-order valence-electron chi connectivity index (χ4n) is 6.70. The van der Waals surface area contributed by atoms with Gasteiger partial charge in [-0.05, 0) is 79.9 Å². The summed E-state index contributed by atoms with van der Waals surface area (Å²) in [5, 5.41) is 26.4. The van der Waals surface area contributed by atoms with E-state index in [0.29, 0.717) is 28.2 Å². The molecule has 4 N–H and O–H groups in total. The van der Waals surface area contributed by atoms with E-state index in [0.717, 1.165) is 76.9 Å². The molecule has 7 rings (SSSR count). The van der Waals surface area contributed by atoms with Crippen LogP contribution in [-0.4, -0.2) is 31.8 Å². The van der Waals surface area contributed by atoms with Gasteiger partial charge < -0.3 is 25.1 Å². The zero-order valence-corrected chi connectivity index (χ0v) is 27.7. The molecule has 0 atom stereocenters. The third kappa shape index (κ3) is 5.66. The second-order valence-electron chi connectivity index (χ2n) is 12.7. The number of aryl methyl sites for hydroxylation is 3. The SMILES string of the molecule is CCCCn1c2cc(C)ccc2c2cc(O)c(C=Nc3ccccc3N=Cc3cc4c(cc3O)c3ccc(N)cc3n4CCCC)cc21. The van der Waals surface area contributed by atoms with Gasteiger partial charge in [-0.2, -0.15) is 0 Å². The highest BCUT2D eigenvalue weighted by Crippen LogP contribution is 2.37. The van der Waals surface area contributed by atoms with Crippen LogP contribution in [-0.2, 0) is 13.1 Å². The lowest BCUT2D eigenvalue weighted by molar-refractivity contribution is 0.474. The molecule has 242 valence electrons. The number of anilines is 1. The van der Waals surface area contributed by atoms with Gasteiger partial charge >= 0.3 is 0 Å². The number of fused-ring (bicyclic) bond motifs is 6. The fraction of sp³-hybridized carbons (Fsp3) is 0.220. The van der Waals surface area contributed by atoms with Gasteiger partial charge in [-0.1, -0.05) is 57.0 Å². The summed E-state index contributed by atoms with van der Waals surface area (Å²) < 4.78 is 4.64. The molecule has 7 heteroatoms. The molecule has 0 saturated carbocycles. The van der Waals surface area contributed by atoms with Gasteiger partial charge in [-0.15, -0.1) is 0 Å². The molecule has 2 aromatic heterocycles. The van der Waals surface area contributed by atoms with Gasteiger partial charge in [0.2, 0.25) is 0 Å². The molecule has 0 fully saturated rings. The van der Waals surface area contributed by atoms with Crippen molar-refractivity contribution in [2.24, 2.45) is 9.98 Å². The van der Waals surface area contributed by atoms with Crippen molar-refractivity contribution >= 4 is 73.1 Å². The van der Waals surface area contributed by atoms with Crippen LogP contribution in [0.25, 0.3) is 43.6 Å². The Morgan fingerprint density at radius 2 is 1.08 bits per heavy atom. The summed E-state index contributed by atoms with van der Waals surface area (Å²) in [5.41, 5.74) is 15.0. The maximum atomic E-state index is 11.1. The number of phenols is 2. The normalized spacial score (nSPS) is 12.2. The Morgan fingerprint density at radius 1 is 0.604 bits per heavy atom. The van der Waals surface area contributed by atoms with Crippen molar-refractivity contribution in [3.8, 4) is 11.5 Å². The van der Waals surface area contributed by atoms with Crippen LogP contribution in [0, 0.1) is 6.92 Å². The number of aromatic nitrogens is 2. The summed E-state index contributed by atoms with van der Waals surface area (Å²) in [7, 11) is 0. The van der Waals surface area contributed by atoms with Gasteiger partial charge in [0.15, 0.2) is 0 Å². The first-order chi connectivity index (χ1) is 23.4. The number of phenolic OH excluding ortho intramolecular Hbond substituents is 2. The van der Waals surface area contributed by atoms with Gasteiger partial charge in [0, 0.05) is 69.4 Å². The molecule has 0 amide bonds. The maximum absolute atomic E-state index is 11.1. The van der Waals surface area contributed by atoms with Crippen molar-refractivity contribution in [1.82, 2.24) is 9.13 Å². The number of hydrogen-bond donors (Lipinski definition) is 3. The molecule has 5 aromatic carbocycles. The third-order valence-electron chi connectivity index (χ3n) is 9.25. The molecular formula is C41H41N5O2. The molecular weight excluding hydrogens is 594 g/mol. The molecule has 48 heavy (non-hydrogen) atoms. The highest BCUT2D eigenvalue weighted by Gasteiger charge is 2.15. The predicted molar refractivity (Wildman–Crippen MR) is 202 cm³/mol. The van der Waals surface area contributed by atoms with Crippen molar-refractivity contribution < 1.29 is 10.2 Å². The van der Waals surface area contributed by atoms with E-state index in [9.17, 15) is 10.2 Å². The molecule has 0 saturated heterocycles. The lowest BCUT2D eigenvalue weighted by atomic mass is 10.1. The van der Waals surface area contributed by atoms with Crippen molar-refractivity contribution in [3.05, 3.63) is 102 Å². The minimum atomic E-state index is 0.158. The first-order valence-corrected chi connectivity index (χ1v) is 16.8. The fourth-order valence-corrected chi connectivity index (χ4v) is 6.70. The average Bonchev–Trinajstić information content (AvgIpc) is 3.53. The Bertz CT molecular complexity index is 2210. The Kier molecular flexibility index (Phi) is 8.36. The summed E-state index contributed by atoms with van der Waals surface area (Å²) in [6.45, 7) is 8.26. The van der Waals surface area contributed by atoms with Crippen LogP contribution in [0.15, 0.2) is 94.9 Å². The van der Waals surface area contributed by atoms with Crippen LogP contribution in [0.2, 0.25) is 0 Å². The van der Waals surface area contributed by atoms with Gasteiger partial charge in [0.25, 0.3) is 0 Å². The number of nitrogens with zero attached hydrogens (tertiary/aromatic N) is 4. The monoisotopic (exact) mass is 635 g/mol. The summed E-state index contributed by atoms with van der Waals surface area (Å²) in [5.74, 6) is 0.339. The molecule has 0 unspecified atom stereocenters. The number of hydrogen-bond acceptors (Lipinski definition) is 5. The van der Waals surface area contributed by atoms with Gasteiger partial charge in [0.1, 0.15) is 11.5 Å². The summed E-state index contributed by atoms with van der Waals surface area (Å²) >= 11 is 0. The second-order valence-corrected chi connectivity index (χ2v) is 12.7. The summed E-state index contributed by atoms with van der Waals surface area (Å²) in [6.07, 6.45) is 7.67. The van der Waals surface area contributed by atoms with Crippen LogP contribution >= 0.6 is 0 Å². The van der Waals surface area contributed by atoms with E-state index in [1.807, 2.05) is 66.7 Å². The number of nitrogen functional groups attached to an aromatic ring is 1. The maximum Gasteiger partial charge on any atom is 0.125 e. The van der Waals surface area contributed by atoms with Crippen molar-refractivity contribution in [2.45, 2.75) is 59.5 Å². The first kappa shape index (κ1) is 31.1. The number of benzene rings is 5. The molecule has 0 aliphatic carbocycles. The van der Waals surface area contributed by atoms with Crippen molar-refractivity contribution in [1.29, 1.82) is 0 Å². The van der Waals surface area contributed by atoms with E-state index in [4.69, 9.17) is 15.7 Å². The summed E-state index contributed by atoms with van der Waals surface area (Å²) in [4.78, 5) is 9.57. The molecule has 0 aliphatic rings. The molecule has 0 bridgehead atoms. The zero-order chi connectivity index (χ0) is 33.4. The highest BCUT2D eigenvalue weighted by atomic mass is 16.3. The molecule has 0 radical (unpaired) electrons. The molecule has 7 aromatic rings. The molecule has 2 heterocycles. The van der Waals surface area contributed by atoms with E-state index < -0.39 is 0 Å². The van der Waals surface area contributed by atoms with E-state index in [1.165, 1.54) is 11.1 Å². The Balaban J connectivity index is 1.25. The molecule has 0 spiro atoms. The van der Waals surface area contributed by atoms with E-state index >= 15 is 0 Å². The van der Waals surface area contributed by atoms with E-state index in [2.05, 4.69) is 48.1 Å². The second kappa shape index (κ2) is 12.9. The van der Waals surface area contributed by atoms with Crippen LogP contribution in [0.5, 0.6) is 11.5 Å². The summed E-state index contributed by atoms with van der Waals surface area (Å²) in [6, 6.07) is 27.8. The highest BCUT2D eigenvalue weighted by molar-refractivity contribution is 6.12. The smallest absolute Gasteiger partial charge is 0.125 e. The van der Waals surface area contributed by atoms with Crippen LogP contribution in [0.4, 0.5) is 17.1 Å². The molecule has 7 nitrogen and oxygen atoms in total. The predicted octanol–water partition coefficient (Wildman–Crippen LogP) is 10.3. The Hall–Kier alpha value is -5.56. The largest absolute Gasteiger partial charge is 0.507 e. The van der Waals surface area contributed by atoms with E-state index in [1.54, 1.807) is 12.4 Å². The van der Waals surface area contributed by atoms with E-state index in [-0.39, 0.29) is 11.5 Å². The lowest BCUT2D eigenvalue weighted by Gasteiger charge is -2.08. The van der Waals surface area contributed by atoms with Gasteiger partial charge in [-0.25, -0.2) is 0 Å². The Morgan fingerprint density at radius 3 is 1.60 bits per heavy atom. The minimum absolute atomic E-state index is 0.158. The minimum Gasteiger partial charge on any atom is -0.507 e. The topological polar surface area (TPSA) is 101 Å². The number of unbranched alkanes of at least 4 members (excludes halogenated alkanes) is 2. The zero-order valence-electron chi connectivity index (χ0n) is 27.7. The average molecular weight is 636 g/mol. The van der Waals surface area contributed by atoms with Crippen LogP contribution in [0.3, 0.4) is 0 Å². The molecule has 0 aliphatic heterocycles. The van der Waals surface area contributed by atoms with Crippen molar-refractivity contribution in [2.75, 3.05) is 5.73 Å². The van der Waals surface area contributed by atoms with Crippen LogP contribution in [0.1, 0.15) is 56.2 Å². The number of rotatable bonds is 10. The standard InChI is InChI=1S/C41H41N5O2/c1-4-6-16-45-36-18-26(3)12-14-30(36)32-22-40(47)27(19-37(32)45)24-43-34-10-8-9-11-35(34)44-25-28-20-38-33(23-41(28)48)31-15-13-29(42)21-39(31)46(38)17-7-5-2/h8-15,18-25,47-48H,4-7,16-17,42H2,1-3H3.